The van der Waals surface area contributed by atoms with Crippen molar-refractivity contribution in [3.05, 3.63) is 38.9 Å². The molecule has 0 N–H and O–H groups in total. The summed E-state index contributed by atoms with van der Waals surface area (Å²) < 4.78 is 0. The van der Waals surface area contributed by atoms with Crippen LogP contribution in [0.1, 0.15) is 23.1 Å². The summed E-state index contributed by atoms with van der Waals surface area (Å²) in [5, 5.41) is 20.2. The van der Waals surface area contributed by atoms with E-state index >= 15 is 0 Å². The summed E-state index contributed by atoms with van der Waals surface area (Å²) in [6, 6.07) is 5.04. The summed E-state index contributed by atoms with van der Waals surface area (Å²) in [7, 11) is 2.73. The minimum absolute atomic E-state index is 0.00470. The number of nitro groups is 1. The number of hydrogen-bond acceptors (Lipinski definition) is 7. The zero-order chi connectivity index (χ0) is 17.5. The maximum absolute atomic E-state index is 11.0. The highest BCUT2D eigenvalue weighted by molar-refractivity contribution is 5.49. The first kappa shape index (κ1) is 19.0. The van der Waals surface area contributed by atoms with E-state index in [1.165, 1.54) is 26.4 Å². The Hall–Kier alpha value is -2.05. The van der Waals surface area contributed by atoms with Gasteiger partial charge in [0.15, 0.2) is 0 Å². The number of nitro benzene ring substituents is 1. The molecule has 0 aliphatic rings. The molecule has 0 atom stereocenters. The van der Waals surface area contributed by atoms with E-state index in [4.69, 9.17) is 9.78 Å². The molecule has 0 aliphatic carbocycles. The summed E-state index contributed by atoms with van der Waals surface area (Å²) in [5.41, 5.74) is 1.22. The monoisotopic (exact) mass is 324 g/mol. The van der Waals surface area contributed by atoms with Crippen LogP contribution in [0.5, 0.6) is 0 Å². The fourth-order valence-electron chi connectivity index (χ4n) is 2.75. The molecule has 0 radical (unpaired) electrons. The van der Waals surface area contributed by atoms with Gasteiger partial charge in [0.1, 0.15) is 0 Å². The number of hydrogen-bond donors (Lipinski definition) is 0. The Morgan fingerprint density at radius 1 is 1.17 bits per heavy atom. The predicted molar refractivity (Wildman–Crippen MR) is 80.4 cm³/mol. The molecular weight excluding hydrogens is 304 g/mol. The first-order valence-electron chi connectivity index (χ1n) is 6.86. The van der Waals surface area contributed by atoms with Gasteiger partial charge in [-0.05, 0) is 30.5 Å². The molecule has 0 unspecified atom stereocenters. The van der Waals surface area contributed by atoms with Gasteiger partial charge in [0.25, 0.3) is 5.69 Å². The quantitative estimate of drug-likeness (QED) is 0.390. The normalized spacial score (nSPS) is 11.3. The molecule has 126 valence electrons. The van der Waals surface area contributed by atoms with Crippen molar-refractivity contribution in [1.29, 1.82) is 5.26 Å². The molecule has 0 spiro atoms. The number of aryl methyl sites for hydroxylation is 2. The van der Waals surface area contributed by atoms with Gasteiger partial charge in [-0.15, -0.1) is 0 Å². The van der Waals surface area contributed by atoms with Crippen LogP contribution in [0.15, 0.2) is 12.1 Å². The molecule has 0 aliphatic heterocycles. The second-order valence-corrected chi connectivity index (χ2v) is 5.18. The topological polar surface area (TPSA) is 104 Å². The predicted octanol–water partition coefficient (Wildman–Crippen LogP) is 2.52. The van der Waals surface area contributed by atoms with Crippen molar-refractivity contribution in [2.45, 2.75) is 25.7 Å². The molecule has 23 heavy (non-hydrogen) atoms. The molecule has 8 heteroatoms. The van der Waals surface area contributed by atoms with E-state index in [9.17, 15) is 15.4 Å². The van der Waals surface area contributed by atoms with Crippen LogP contribution >= 0.6 is 0 Å². The molecule has 1 aromatic carbocycles. The van der Waals surface area contributed by atoms with Gasteiger partial charge in [0.05, 0.1) is 43.8 Å². The molecular formula is C15H20N2O6. The highest BCUT2D eigenvalue weighted by Crippen LogP contribution is 2.36. The van der Waals surface area contributed by atoms with E-state index in [0.717, 1.165) is 5.56 Å². The number of benzene rings is 1. The third-order valence-corrected chi connectivity index (χ3v) is 3.58. The van der Waals surface area contributed by atoms with E-state index in [2.05, 4.69) is 15.8 Å². The lowest BCUT2D eigenvalue weighted by atomic mass is 9.75. The average Bonchev–Trinajstić information content (AvgIpc) is 2.50. The van der Waals surface area contributed by atoms with Crippen molar-refractivity contribution in [2.24, 2.45) is 0 Å². The van der Waals surface area contributed by atoms with E-state index < -0.39 is 10.3 Å². The van der Waals surface area contributed by atoms with E-state index in [-0.39, 0.29) is 25.3 Å². The van der Waals surface area contributed by atoms with Crippen molar-refractivity contribution < 1.29 is 24.5 Å². The van der Waals surface area contributed by atoms with Crippen LogP contribution in [0.25, 0.3) is 0 Å². The van der Waals surface area contributed by atoms with Crippen LogP contribution in [0.3, 0.4) is 0 Å². The van der Waals surface area contributed by atoms with Crippen LogP contribution < -0.4 is 0 Å². The van der Waals surface area contributed by atoms with Gasteiger partial charge < -0.3 is 0 Å². The molecule has 0 bridgehead atoms. The lowest BCUT2D eigenvalue weighted by molar-refractivity contribution is -0.385. The second kappa shape index (κ2) is 8.55. The molecule has 0 fully saturated rings. The smallest absolute Gasteiger partial charge is 0.258 e. The maximum atomic E-state index is 11.0. The Morgan fingerprint density at radius 2 is 1.65 bits per heavy atom. The lowest BCUT2D eigenvalue weighted by Crippen LogP contribution is -2.38. The zero-order valence-electron chi connectivity index (χ0n) is 13.6. The van der Waals surface area contributed by atoms with E-state index in [1.807, 2.05) is 0 Å². The van der Waals surface area contributed by atoms with Gasteiger partial charge in [-0.25, -0.2) is 19.6 Å². The molecule has 1 rings (SSSR count). The Balaban J connectivity index is 3.45. The third kappa shape index (κ3) is 4.46. The fraction of sp³-hybridized carbons (Fsp3) is 0.533. The molecule has 8 nitrogen and oxygen atoms in total. The first-order valence-corrected chi connectivity index (χ1v) is 6.86. The van der Waals surface area contributed by atoms with Crippen molar-refractivity contribution in [3.8, 4) is 6.07 Å². The summed E-state index contributed by atoms with van der Waals surface area (Å²) >= 11 is 0. The van der Waals surface area contributed by atoms with Crippen molar-refractivity contribution >= 4 is 5.69 Å². The van der Waals surface area contributed by atoms with Crippen molar-refractivity contribution in [1.82, 2.24) is 0 Å². The van der Waals surface area contributed by atoms with Gasteiger partial charge in [-0.1, -0.05) is 0 Å². The van der Waals surface area contributed by atoms with Crippen LogP contribution in [0.4, 0.5) is 5.69 Å². The number of non-ortho nitro benzene ring substituents is 1. The number of rotatable bonds is 9. The van der Waals surface area contributed by atoms with Crippen LogP contribution in [-0.4, -0.2) is 32.4 Å². The minimum Gasteiger partial charge on any atom is -0.258 e. The first-order chi connectivity index (χ1) is 10.9. The maximum Gasteiger partial charge on any atom is 0.269 e. The van der Waals surface area contributed by atoms with Crippen molar-refractivity contribution in [3.63, 3.8) is 0 Å². The molecule has 0 aromatic heterocycles. The van der Waals surface area contributed by atoms with Crippen molar-refractivity contribution in [2.75, 3.05) is 27.4 Å². The van der Waals surface area contributed by atoms with Crippen LogP contribution in [0.2, 0.25) is 0 Å². The fourth-order valence-corrected chi connectivity index (χ4v) is 2.75. The summed E-state index contributed by atoms with van der Waals surface area (Å²) in [4.78, 5) is 30.0. The Kier molecular flexibility index (Phi) is 7.06. The number of nitriles is 1. The second-order valence-electron chi connectivity index (χ2n) is 5.18. The molecule has 0 amide bonds. The number of nitrogens with zero attached hydrogens (tertiary/aromatic N) is 2. The highest BCUT2D eigenvalue weighted by Gasteiger charge is 2.38. The van der Waals surface area contributed by atoms with Crippen LogP contribution in [0, 0.1) is 35.3 Å². The lowest BCUT2D eigenvalue weighted by Gasteiger charge is -2.32. The SMILES string of the molecule is COOCC(CC#N)(COOC)c1c(C)cc([N+](=O)[O-])cc1C. The Labute approximate surface area is 134 Å². The van der Waals surface area contributed by atoms with Gasteiger partial charge in [-0.2, -0.15) is 5.26 Å². The summed E-state index contributed by atoms with van der Waals surface area (Å²) in [5.74, 6) is 0. The summed E-state index contributed by atoms with van der Waals surface area (Å²) in [6.45, 7) is 3.59. The molecule has 0 saturated heterocycles. The minimum atomic E-state index is -0.871. The highest BCUT2D eigenvalue weighted by atomic mass is 17.2. The van der Waals surface area contributed by atoms with Gasteiger partial charge >= 0.3 is 0 Å². The van der Waals surface area contributed by atoms with Crippen LogP contribution in [-0.2, 0) is 25.0 Å². The standard InChI is InChI=1S/C15H20N2O6/c1-11-7-13(17(18)19)8-12(2)14(11)15(5-6-16,9-22-20-3)10-23-21-4/h7-8H,5,9-10H2,1-4H3. The Bertz CT molecular complexity index is 565. The van der Waals surface area contributed by atoms with E-state index in [0.29, 0.717) is 11.1 Å². The molecule has 0 heterocycles. The third-order valence-electron chi connectivity index (χ3n) is 3.58. The summed E-state index contributed by atoms with van der Waals surface area (Å²) in [6.07, 6.45) is 0.0687. The van der Waals surface area contributed by atoms with Gasteiger partial charge in [0, 0.05) is 18.6 Å². The average molecular weight is 324 g/mol. The zero-order valence-corrected chi connectivity index (χ0v) is 13.6. The largest absolute Gasteiger partial charge is 0.269 e. The molecule has 0 saturated carbocycles. The van der Waals surface area contributed by atoms with E-state index in [1.54, 1.807) is 13.8 Å². The molecule has 1 aromatic rings. The van der Waals surface area contributed by atoms with Gasteiger partial charge in [-0.3, -0.25) is 10.1 Å². The van der Waals surface area contributed by atoms with Gasteiger partial charge in [0.2, 0.25) is 0 Å². The Morgan fingerprint density at radius 3 is 2.00 bits per heavy atom.